The molecule has 6 heteroatoms. The fourth-order valence-electron chi connectivity index (χ4n) is 1.94. The van der Waals surface area contributed by atoms with Crippen LogP contribution in [0.2, 0.25) is 0 Å². The lowest BCUT2D eigenvalue weighted by Crippen LogP contribution is -2.16. The second-order valence-electron chi connectivity index (χ2n) is 4.53. The molecule has 0 saturated heterocycles. The highest BCUT2D eigenvalue weighted by atomic mass is 19.4. The normalized spacial score (nSPS) is 11.2. The Morgan fingerprint density at radius 3 is 2.19 bits per heavy atom. The number of aryl methyl sites for hydroxylation is 1. The van der Waals surface area contributed by atoms with Gasteiger partial charge in [0.15, 0.2) is 0 Å². The summed E-state index contributed by atoms with van der Waals surface area (Å²) >= 11 is 0. The van der Waals surface area contributed by atoms with Crippen molar-refractivity contribution in [3.63, 3.8) is 0 Å². The van der Waals surface area contributed by atoms with Crippen LogP contribution in [0.1, 0.15) is 11.1 Å². The molecule has 1 amide bonds. The largest absolute Gasteiger partial charge is 0.416 e. The van der Waals surface area contributed by atoms with Crippen molar-refractivity contribution < 1.29 is 22.7 Å². The molecule has 3 nitrogen and oxygen atoms in total. The Morgan fingerprint density at radius 2 is 1.67 bits per heavy atom. The van der Waals surface area contributed by atoms with E-state index in [4.69, 9.17) is 10.5 Å². The van der Waals surface area contributed by atoms with E-state index < -0.39 is 17.8 Å². The van der Waals surface area contributed by atoms with Crippen molar-refractivity contribution in [3.05, 3.63) is 53.6 Å². The summed E-state index contributed by atoms with van der Waals surface area (Å²) in [5.41, 5.74) is 6.25. The molecule has 2 N–H and O–H groups in total. The number of nitrogens with two attached hydrogens (primary N) is 1. The molecular weight excluding hydrogens is 283 g/mol. The lowest BCUT2D eigenvalue weighted by atomic mass is 10.0. The molecule has 0 unspecified atom stereocenters. The number of primary amides is 1. The maximum Gasteiger partial charge on any atom is 0.416 e. The summed E-state index contributed by atoms with van der Waals surface area (Å²) in [4.78, 5) is 10.8. The number of rotatable bonds is 2. The highest BCUT2D eigenvalue weighted by Crippen LogP contribution is 2.32. The quantitative estimate of drug-likeness (QED) is 0.905. The number of hydrogen-bond donors (Lipinski definition) is 1. The molecule has 2 aromatic rings. The van der Waals surface area contributed by atoms with Crippen LogP contribution in [-0.4, -0.2) is 6.09 Å². The van der Waals surface area contributed by atoms with Crippen molar-refractivity contribution >= 4 is 6.09 Å². The summed E-state index contributed by atoms with van der Waals surface area (Å²) in [6.45, 7) is 1.78. The third-order valence-electron chi connectivity index (χ3n) is 2.81. The van der Waals surface area contributed by atoms with Crippen molar-refractivity contribution in [2.45, 2.75) is 13.1 Å². The summed E-state index contributed by atoms with van der Waals surface area (Å²) in [6.07, 6.45) is -5.32. The lowest BCUT2D eigenvalue weighted by molar-refractivity contribution is -0.137. The van der Waals surface area contributed by atoms with Gasteiger partial charge < -0.3 is 10.5 Å². The average Bonchev–Trinajstić information content (AvgIpc) is 2.36. The molecule has 2 rings (SSSR count). The van der Waals surface area contributed by atoms with Crippen molar-refractivity contribution in [2.75, 3.05) is 0 Å². The summed E-state index contributed by atoms with van der Waals surface area (Å²) in [5.74, 6) is 0.248. The van der Waals surface area contributed by atoms with Gasteiger partial charge in [-0.1, -0.05) is 18.2 Å². The summed E-state index contributed by atoms with van der Waals surface area (Å²) in [7, 11) is 0. The third-order valence-corrected chi connectivity index (χ3v) is 2.81. The predicted molar refractivity (Wildman–Crippen MR) is 71.8 cm³/mol. The number of hydrogen-bond acceptors (Lipinski definition) is 2. The van der Waals surface area contributed by atoms with Crippen LogP contribution in [-0.2, 0) is 6.18 Å². The summed E-state index contributed by atoms with van der Waals surface area (Å²) in [6, 6.07) is 9.67. The molecule has 0 atom stereocenters. The third kappa shape index (κ3) is 3.75. The van der Waals surface area contributed by atoms with E-state index >= 15 is 0 Å². The van der Waals surface area contributed by atoms with Gasteiger partial charge in [0, 0.05) is 0 Å². The van der Waals surface area contributed by atoms with Crippen LogP contribution in [0.25, 0.3) is 11.1 Å². The number of ether oxygens (including phenoxy) is 1. The number of alkyl halides is 3. The van der Waals surface area contributed by atoms with Gasteiger partial charge in [-0.2, -0.15) is 13.2 Å². The zero-order valence-electron chi connectivity index (χ0n) is 11.1. The Kier molecular flexibility index (Phi) is 3.88. The first-order valence-corrected chi connectivity index (χ1v) is 6.02. The van der Waals surface area contributed by atoms with Crippen LogP contribution < -0.4 is 10.5 Å². The summed E-state index contributed by atoms with van der Waals surface area (Å²) < 4.78 is 42.4. The van der Waals surface area contributed by atoms with Crippen LogP contribution in [0, 0.1) is 6.92 Å². The summed E-state index contributed by atoms with van der Waals surface area (Å²) in [5, 5.41) is 0. The molecule has 0 heterocycles. The van der Waals surface area contributed by atoms with Crippen molar-refractivity contribution in [1.29, 1.82) is 0 Å². The van der Waals surface area contributed by atoms with Gasteiger partial charge in [0.1, 0.15) is 5.75 Å². The van der Waals surface area contributed by atoms with Crippen molar-refractivity contribution in [3.8, 4) is 16.9 Å². The molecule has 0 radical (unpaired) electrons. The van der Waals surface area contributed by atoms with Crippen molar-refractivity contribution in [2.24, 2.45) is 5.73 Å². The number of benzene rings is 2. The number of halogens is 3. The molecule has 21 heavy (non-hydrogen) atoms. The average molecular weight is 295 g/mol. The molecule has 0 bridgehead atoms. The standard InChI is InChI=1S/C15H12F3NO2/c1-9-6-11(8-13(7-9)21-14(19)20)10-2-4-12(5-3-10)15(16,17)18/h2-8H,1H3,(H2,19,20). The van der Waals surface area contributed by atoms with Gasteiger partial charge in [-0.25, -0.2) is 4.79 Å². The van der Waals surface area contributed by atoms with E-state index in [1.54, 1.807) is 25.1 Å². The topological polar surface area (TPSA) is 52.3 Å². The maximum absolute atomic E-state index is 12.5. The van der Waals surface area contributed by atoms with Crippen LogP contribution in [0.15, 0.2) is 42.5 Å². The Labute approximate surface area is 119 Å². The molecule has 0 aliphatic rings. The first-order chi connectivity index (χ1) is 9.75. The molecule has 0 fully saturated rings. The van der Waals surface area contributed by atoms with E-state index in [-0.39, 0.29) is 5.75 Å². The molecule has 110 valence electrons. The second kappa shape index (κ2) is 5.47. The fraction of sp³-hybridized carbons (Fsp3) is 0.133. The van der Waals surface area contributed by atoms with Gasteiger partial charge in [0.2, 0.25) is 0 Å². The van der Waals surface area contributed by atoms with Gasteiger partial charge in [0.05, 0.1) is 5.56 Å². The van der Waals surface area contributed by atoms with Gasteiger partial charge in [0.25, 0.3) is 0 Å². The minimum Gasteiger partial charge on any atom is -0.410 e. The van der Waals surface area contributed by atoms with E-state index in [1.165, 1.54) is 12.1 Å². The molecule has 0 saturated carbocycles. The first-order valence-electron chi connectivity index (χ1n) is 6.02. The molecule has 0 aromatic heterocycles. The predicted octanol–water partition coefficient (Wildman–Crippen LogP) is 4.14. The molecule has 0 aliphatic heterocycles. The maximum atomic E-state index is 12.5. The Balaban J connectivity index is 2.37. The first kappa shape index (κ1) is 14.9. The highest BCUT2D eigenvalue weighted by molar-refractivity contribution is 5.71. The molecular formula is C15H12F3NO2. The van der Waals surface area contributed by atoms with E-state index in [0.29, 0.717) is 11.1 Å². The zero-order chi connectivity index (χ0) is 15.6. The lowest BCUT2D eigenvalue weighted by Gasteiger charge is -2.10. The van der Waals surface area contributed by atoms with E-state index in [2.05, 4.69) is 0 Å². The number of amides is 1. The smallest absolute Gasteiger partial charge is 0.410 e. The highest BCUT2D eigenvalue weighted by Gasteiger charge is 2.29. The molecule has 0 aliphatic carbocycles. The SMILES string of the molecule is Cc1cc(OC(N)=O)cc(-c2ccc(C(F)(F)F)cc2)c1. The minimum absolute atomic E-state index is 0.248. The number of carbonyl (C=O) groups is 1. The fourth-order valence-corrected chi connectivity index (χ4v) is 1.94. The van der Waals surface area contributed by atoms with Gasteiger partial charge in [-0.3, -0.25) is 0 Å². The van der Waals surface area contributed by atoms with Crippen molar-refractivity contribution in [1.82, 2.24) is 0 Å². The monoisotopic (exact) mass is 295 g/mol. The van der Waals surface area contributed by atoms with E-state index in [9.17, 15) is 18.0 Å². The molecule has 0 spiro atoms. The van der Waals surface area contributed by atoms with E-state index in [1.807, 2.05) is 0 Å². The van der Waals surface area contributed by atoms with E-state index in [0.717, 1.165) is 17.7 Å². The zero-order valence-corrected chi connectivity index (χ0v) is 11.1. The molecule has 2 aromatic carbocycles. The van der Waals surface area contributed by atoms with Crippen LogP contribution >= 0.6 is 0 Å². The second-order valence-corrected chi connectivity index (χ2v) is 4.53. The van der Waals surface area contributed by atoms with Crippen LogP contribution in [0.3, 0.4) is 0 Å². The Hall–Kier alpha value is -2.50. The minimum atomic E-state index is -4.37. The van der Waals surface area contributed by atoms with Crippen LogP contribution in [0.4, 0.5) is 18.0 Å². The van der Waals surface area contributed by atoms with Crippen LogP contribution in [0.5, 0.6) is 5.75 Å². The van der Waals surface area contributed by atoms with Gasteiger partial charge in [-0.05, 0) is 47.9 Å². The van der Waals surface area contributed by atoms with Gasteiger partial charge >= 0.3 is 12.3 Å². The Bertz CT molecular complexity index is 664. The van der Waals surface area contributed by atoms with Gasteiger partial charge in [-0.15, -0.1) is 0 Å². The Morgan fingerprint density at radius 1 is 1.05 bits per heavy atom. The number of carbonyl (C=O) groups excluding carboxylic acids is 1.